The average molecular weight is 263 g/mol. The van der Waals surface area contributed by atoms with Crippen molar-refractivity contribution >= 4 is 11.1 Å². The molecule has 0 atom stereocenters. The van der Waals surface area contributed by atoms with Crippen LogP contribution in [-0.2, 0) is 0 Å². The van der Waals surface area contributed by atoms with Gasteiger partial charge < -0.3 is 0 Å². The molecule has 1 heterocycles. The van der Waals surface area contributed by atoms with E-state index in [4.69, 9.17) is 4.98 Å². The van der Waals surface area contributed by atoms with E-state index in [1.807, 2.05) is 74.6 Å². The van der Waals surface area contributed by atoms with E-state index in [2.05, 4.69) is 13.2 Å². The summed E-state index contributed by atoms with van der Waals surface area (Å²) in [6.07, 6.45) is 15.5. The minimum absolute atomic E-state index is 0.918. The van der Waals surface area contributed by atoms with Gasteiger partial charge in [-0.1, -0.05) is 67.8 Å². The molecule has 1 nitrogen and oxygen atoms in total. The van der Waals surface area contributed by atoms with Crippen molar-refractivity contribution in [3.8, 4) is 0 Å². The fraction of sp³-hybridized carbons (Fsp3) is 0.105. The van der Waals surface area contributed by atoms with Crippen LogP contribution in [0.25, 0.3) is 11.1 Å². The molecule has 0 saturated carbocycles. The maximum absolute atomic E-state index is 4.69. The molecule has 1 heteroatoms. The monoisotopic (exact) mass is 263 g/mol. The molecule has 1 rings (SSSR count). The van der Waals surface area contributed by atoms with Crippen LogP contribution < -0.4 is 0 Å². The molecule has 0 radical (unpaired) electrons. The molecule has 102 valence electrons. The molecule has 0 unspecified atom stereocenters. The quantitative estimate of drug-likeness (QED) is 0.628. The Morgan fingerprint density at radius 3 is 2.30 bits per heavy atom. The number of pyridine rings is 1. The van der Waals surface area contributed by atoms with Gasteiger partial charge >= 0.3 is 0 Å². The molecule has 0 aliphatic rings. The summed E-state index contributed by atoms with van der Waals surface area (Å²) >= 11 is 0. The van der Waals surface area contributed by atoms with Gasteiger partial charge in [0.25, 0.3) is 0 Å². The van der Waals surface area contributed by atoms with Crippen molar-refractivity contribution in [2.75, 3.05) is 0 Å². The van der Waals surface area contributed by atoms with Crippen molar-refractivity contribution in [1.82, 2.24) is 4.98 Å². The number of hydrogen-bond donors (Lipinski definition) is 0. The summed E-state index contributed by atoms with van der Waals surface area (Å²) in [4.78, 5) is 4.69. The van der Waals surface area contributed by atoms with Crippen molar-refractivity contribution in [2.24, 2.45) is 0 Å². The summed E-state index contributed by atoms with van der Waals surface area (Å²) in [6.45, 7) is 11.5. The minimum Gasteiger partial charge on any atom is -0.248 e. The first-order chi connectivity index (χ1) is 9.76. The molecule has 20 heavy (non-hydrogen) atoms. The van der Waals surface area contributed by atoms with E-state index in [1.165, 1.54) is 0 Å². The predicted molar refractivity (Wildman–Crippen MR) is 90.2 cm³/mol. The van der Waals surface area contributed by atoms with Gasteiger partial charge in [-0.2, -0.15) is 0 Å². The summed E-state index contributed by atoms with van der Waals surface area (Å²) in [5.41, 5.74) is 3.94. The van der Waals surface area contributed by atoms with Gasteiger partial charge in [0.15, 0.2) is 0 Å². The summed E-state index contributed by atoms with van der Waals surface area (Å²) in [6, 6.07) is 6.00. The van der Waals surface area contributed by atoms with E-state index in [1.54, 1.807) is 6.08 Å². The fourth-order valence-corrected chi connectivity index (χ4v) is 1.72. The second-order valence-electron chi connectivity index (χ2n) is 4.10. The van der Waals surface area contributed by atoms with Gasteiger partial charge in [0.1, 0.15) is 0 Å². The molecule has 1 aromatic heterocycles. The van der Waals surface area contributed by atoms with Crippen molar-refractivity contribution in [3.05, 3.63) is 91.4 Å². The zero-order valence-electron chi connectivity index (χ0n) is 12.2. The highest BCUT2D eigenvalue weighted by Gasteiger charge is 2.02. The van der Waals surface area contributed by atoms with E-state index in [0.29, 0.717) is 0 Å². The maximum atomic E-state index is 4.69. The molecule has 0 saturated heterocycles. The summed E-state index contributed by atoms with van der Waals surface area (Å²) in [5, 5.41) is 0. The Labute approximate surface area is 122 Å². The van der Waals surface area contributed by atoms with E-state index < -0.39 is 0 Å². The Morgan fingerprint density at radius 1 is 1.05 bits per heavy atom. The lowest BCUT2D eigenvalue weighted by Crippen LogP contribution is -1.92. The highest BCUT2D eigenvalue weighted by Crippen LogP contribution is 2.18. The van der Waals surface area contributed by atoms with E-state index in [0.717, 1.165) is 22.5 Å². The van der Waals surface area contributed by atoms with Crippen LogP contribution >= 0.6 is 0 Å². The smallest absolute Gasteiger partial charge is 0.0709 e. The summed E-state index contributed by atoms with van der Waals surface area (Å²) < 4.78 is 0. The van der Waals surface area contributed by atoms with Gasteiger partial charge in [-0.3, -0.25) is 0 Å². The zero-order chi connectivity index (χ0) is 14.8. The third-order valence-corrected chi connectivity index (χ3v) is 2.75. The number of rotatable bonds is 6. The van der Waals surface area contributed by atoms with Crippen LogP contribution in [0, 0.1) is 0 Å². The van der Waals surface area contributed by atoms with Crippen molar-refractivity contribution < 1.29 is 0 Å². The second kappa shape index (κ2) is 8.65. The molecule has 0 aliphatic heterocycles. The fourth-order valence-electron chi connectivity index (χ4n) is 1.72. The topological polar surface area (TPSA) is 12.9 Å². The molecule has 0 aromatic carbocycles. The highest BCUT2D eigenvalue weighted by molar-refractivity contribution is 5.76. The van der Waals surface area contributed by atoms with Gasteiger partial charge in [-0.25, -0.2) is 4.98 Å². The molecule has 0 N–H and O–H groups in total. The van der Waals surface area contributed by atoms with Crippen molar-refractivity contribution in [1.29, 1.82) is 0 Å². The predicted octanol–water partition coefficient (Wildman–Crippen LogP) is 5.37. The van der Waals surface area contributed by atoms with E-state index >= 15 is 0 Å². The standard InChI is InChI=1S/C19H21N/c1-5-9-12-16(7-3)18-14-11-15-19(20-18)17(8-4)13-10-6-2/h5-15H,1,4H2,2-3H3/b10-6-,12-9-,16-7+,17-13+. The van der Waals surface area contributed by atoms with Crippen LogP contribution in [0.2, 0.25) is 0 Å². The van der Waals surface area contributed by atoms with Crippen molar-refractivity contribution in [2.45, 2.75) is 13.8 Å². The first-order valence-corrected chi connectivity index (χ1v) is 6.65. The summed E-state index contributed by atoms with van der Waals surface area (Å²) in [7, 11) is 0. The number of nitrogens with zero attached hydrogens (tertiary/aromatic N) is 1. The number of allylic oxidation sites excluding steroid dienone is 10. The molecule has 1 aromatic rings. The van der Waals surface area contributed by atoms with Crippen LogP contribution in [0.5, 0.6) is 0 Å². The van der Waals surface area contributed by atoms with Gasteiger partial charge in [-0.05, 0) is 37.1 Å². The molecular weight excluding hydrogens is 242 g/mol. The number of aromatic nitrogens is 1. The Hall–Kier alpha value is -2.41. The third kappa shape index (κ3) is 4.36. The normalized spacial score (nSPS) is 13.1. The Morgan fingerprint density at radius 2 is 1.75 bits per heavy atom. The van der Waals surface area contributed by atoms with Crippen LogP contribution in [0.3, 0.4) is 0 Å². The second-order valence-corrected chi connectivity index (χ2v) is 4.10. The van der Waals surface area contributed by atoms with E-state index in [-0.39, 0.29) is 0 Å². The zero-order valence-corrected chi connectivity index (χ0v) is 12.2. The molecular formula is C19H21N. The first-order valence-electron chi connectivity index (χ1n) is 6.65. The molecule has 0 bridgehead atoms. The van der Waals surface area contributed by atoms with Crippen LogP contribution in [0.4, 0.5) is 0 Å². The first kappa shape index (κ1) is 15.6. The average Bonchev–Trinajstić information content (AvgIpc) is 2.49. The van der Waals surface area contributed by atoms with Crippen LogP contribution in [-0.4, -0.2) is 4.98 Å². The lowest BCUT2D eigenvalue weighted by atomic mass is 10.1. The van der Waals surface area contributed by atoms with Crippen LogP contribution in [0.1, 0.15) is 25.2 Å². The summed E-state index contributed by atoms with van der Waals surface area (Å²) in [5.74, 6) is 0. The Kier molecular flexibility index (Phi) is 6.77. The molecule has 0 amide bonds. The van der Waals surface area contributed by atoms with E-state index in [9.17, 15) is 0 Å². The molecule has 0 fully saturated rings. The highest BCUT2D eigenvalue weighted by atomic mass is 14.7. The number of hydrogen-bond acceptors (Lipinski definition) is 1. The third-order valence-electron chi connectivity index (χ3n) is 2.75. The Balaban J connectivity index is 3.21. The molecule has 0 spiro atoms. The van der Waals surface area contributed by atoms with Crippen molar-refractivity contribution in [3.63, 3.8) is 0 Å². The SMILES string of the molecule is C=C/C=C\C(=C/C)c1cccc(/C(C=C)=C/C=C\C)n1. The van der Waals surface area contributed by atoms with Gasteiger partial charge in [0, 0.05) is 0 Å². The Bertz CT molecular complexity index is 584. The lowest BCUT2D eigenvalue weighted by molar-refractivity contribution is 1.24. The minimum atomic E-state index is 0.918. The van der Waals surface area contributed by atoms with Gasteiger partial charge in [-0.15, -0.1) is 0 Å². The molecule has 0 aliphatic carbocycles. The largest absolute Gasteiger partial charge is 0.248 e. The van der Waals surface area contributed by atoms with Crippen LogP contribution in [0.15, 0.2) is 80.0 Å². The lowest BCUT2D eigenvalue weighted by Gasteiger charge is -2.05. The van der Waals surface area contributed by atoms with Gasteiger partial charge in [0.05, 0.1) is 11.4 Å². The maximum Gasteiger partial charge on any atom is 0.0709 e. The van der Waals surface area contributed by atoms with Gasteiger partial charge in [0.2, 0.25) is 0 Å².